The van der Waals surface area contributed by atoms with Crippen LogP contribution in [0.3, 0.4) is 0 Å². The van der Waals surface area contributed by atoms with Gasteiger partial charge in [-0.3, -0.25) is 9.69 Å². The Hall–Kier alpha value is -2.60. The first kappa shape index (κ1) is 16.3. The maximum atomic E-state index is 12.5. The highest BCUT2D eigenvalue weighted by Crippen LogP contribution is 2.23. The number of urea groups is 1. The Labute approximate surface area is 145 Å². The lowest BCUT2D eigenvalue weighted by molar-refractivity contribution is -0.116. The number of hydrogen-bond donors (Lipinski definition) is 1. The highest BCUT2D eigenvalue weighted by atomic mass is 35.5. The van der Waals surface area contributed by atoms with E-state index in [0.717, 1.165) is 11.3 Å². The van der Waals surface area contributed by atoms with Crippen molar-refractivity contribution in [2.45, 2.75) is 6.92 Å². The molecule has 3 amide bonds. The lowest BCUT2D eigenvalue weighted by Gasteiger charge is -2.18. The van der Waals surface area contributed by atoms with Gasteiger partial charge in [0.1, 0.15) is 12.4 Å². The average molecular weight is 345 g/mol. The summed E-state index contributed by atoms with van der Waals surface area (Å²) in [6.45, 7) is 2.87. The van der Waals surface area contributed by atoms with Crippen molar-refractivity contribution < 1.29 is 9.59 Å². The van der Waals surface area contributed by atoms with E-state index in [-0.39, 0.29) is 18.5 Å². The number of amides is 3. The third-order valence-corrected chi connectivity index (χ3v) is 4.05. The molecule has 24 heavy (non-hydrogen) atoms. The maximum Gasteiger partial charge on any atom is 0.325 e. The van der Waals surface area contributed by atoms with Gasteiger partial charge in [0.15, 0.2) is 0 Å². The molecule has 0 aliphatic carbocycles. The van der Waals surface area contributed by atoms with Gasteiger partial charge in [-0.2, -0.15) is 0 Å². The first-order chi connectivity index (χ1) is 11.5. The van der Waals surface area contributed by atoms with Crippen LogP contribution in [0.5, 0.6) is 0 Å². The summed E-state index contributed by atoms with van der Waals surface area (Å²) in [5.74, 6) is 0.249. The number of rotatable bonds is 4. The van der Waals surface area contributed by atoms with Gasteiger partial charge in [0.05, 0.1) is 0 Å². The molecule has 1 saturated heterocycles. The van der Waals surface area contributed by atoms with Crippen LogP contribution in [0.15, 0.2) is 42.6 Å². The Morgan fingerprint density at radius 3 is 2.88 bits per heavy atom. The molecule has 124 valence electrons. The van der Waals surface area contributed by atoms with Crippen molar-refractivity contribution in [3.05, 3.63) is 53.2 Å². The summed E-state index contributed by atoms with van der Waals surface area (Å²) in [6, 6.07) is 10.6. The van der Waals surface area contributed by atoms with Crippen LogP contribution in [0.2, 0.25) is 5.02 Å². The second-order valence-electron chi connectivity index (χ2n) is 5.55. The van der Waals surface area contributed by atoms with E-state index >= 15 is 0 Å². The van der Waals surface area contributed by atoms with Crippen LogP contribution in [-0.4, -0.2) is 41.5 Å². The Balaban J connectivity index is 1.63. The first-order valence-electron chi connectivity index (χ1n) is 7.58. The van der Waals surface area contributed by atoms with Gasteiger partial charge in [-0.1, -0.05) is 23.7 Å². The molecule has 0 radical (unpaired) electrons. The normalized spacial score (nSPS) is 14.2. The number of anilines is 2. The van der Waals surface area contributed by atoms with Crippen LogP contribution in [0.25, 0.3) is 0 Å². The third-order valence-electron chi connectivity index (χ3n) is 3.82. The SMILES string of the molecule is Cc1cccnc1NC(=O)CN1CCN(c2cccc(Cl)c2)C1=O. The van der Waals surface area contributed by atoms with Crippen LogP contribution in [0.4, 0.5) is 16.3 Å². The number of benzene rings is 1. The number of nitrogens with zero attached hydrogens (tertiary/aromatic N) is 3. The predicted molar refractivity (Wildman–Crippen MR) is 93.4 cm³/mol. The number of nitrogens with one attached hydrogen (secondary N) is 1. The van der Waals surface area contributed by atoms with E-state index in [4.69, 9.17) is 11.6 Å². The molecule has 0 spiro atoms. The average Bonchev–Trinajstić information content (AvgIpc) is 2.90. The summed E-state index contributed by atoms with van der Waals surface area (Å²) in [5, 5.41) is 3.31. The monoisotopic (exact) mass is 344 g/mol. The van der Waals surface area contributed by atoms with Gasteiger partial charge in [-0.05, 0) is 36.8 Å². The highest BCUT2D eigenvalue weighted by Gasteiger charge is 2.31. The summed E-state index contributed by atoms with van der Waals surface area (Å²) in [5.41, 5.74) is 1.61. The molecule has 1 aliphatic heterocycles. The predicted octanol–water partition coefficient (Wildman–Crippen LogP) is 2.92. The van der Waals surface area contributed by atoms with Gasteiger partial charge in [0.25, 0.3) is 0 Å². The van der Waals surface area contributed by atoms with Crippen LogP contribution in [0.1, 0.15) is 5.56 Å². The molecule has 3 rings (SSSR count). The number of halogens is 1. The molecule has 1 N–H and O–H groups in total. The quantitative estimate of drug-likeness (QED) is 0.927. The van der Waals surface area contributed by atoms with Gasteiger partial charge >= 0.3 is 6.03 Å². The van der Waals surface area contributed by atoms with Crippen molar-refractivity contribution in [3.63, 3.8) is 0 Å². The lowest BCUT2D eigenvalue weighted by atomic mass is 10.3. The summed E-state index contributed by atoms with van der Waals surface area (Å²) in [6.07, 6.45) is 1.62. The fraction of sp³-hybridized carbons (Fsp3) is 0.235. The minimum Gasteiger partial charge on any atom is -0.313 e. The zero-order valence-corrected chi connectivity index (χ0v) is 14.0. The zero-order valence-electron chi connectivity index (χ0n) is 13.2. The molecule has 1 aromatic heterocycles. The molecule has 0 atom stereocenters. The second-order valence-corrected chi connectivity index (χ2v) is 5.99. The molecule has 0 saturated carbocycles. The van der Waals surface area contributed by atoms with Gasteiger partial charge in [-0.15, -0.1) is 0 Å². The number of pyridine rings is 1. The standard InChI is InChI=1S/C17H17ClN4O2/c1-12-4-3-7-19-16(12)20-15(23)11-21-8-9-22(17(21)24)14-6-2-5-13(18)10-14/h2-7,10H,8-9,11H2,1H3,(H,19,20,23). The van der Waals surface area contributed by atoms with Gasteiger partial charge < -0.3 is 10.2 Å². The van der Waals surface area contributed by atoms with E-state index in [2.05, 4.69) is 10.3 Å². The van der Waals surface area contributed by atoms with Crippen LogP contribution < -0.4 is 10.2 Å². The van der Waals surface area contributed by atoms with Crippen LogP contribution in [0, 0.1) is 6.92 Å². The molecule has 2 aromatic rings. The number of hydrogen-bond acceptors (Lipinski definition) is 3. The highest BCUT2D eigenvalue weighted by molar-refractivity contribution is 6.30. The molecule has 0 bridgehead atoms. The van der Waals surface area contributed by atoms with Gasteiger partial charge in [0.2, 0.25) is 5.91 Å². The molecule has 6 nitrogen and oxygen atoms in total. The van der Waals surface area contributed by atoms with E-state index in [1.807, 2.05) is 19.1 Å². The van der Waals surface area contributed by atoms with Crippen LogP contribution in [-0.2, 0) is 4.79 Å². The van der Waals surface area contributed by atoms with E-state index in [1.165, 1.54) is 4.90 Å². The molecule has 0 unspecified atom stereocenters. The Morgan fingerprint density at radius 2 is 2.12 bits per heavy atom. The largest absolute Gasteiger partial charge is 0.325 e. The Kier molecular flexibility index (Phi) is 4.66. The zero-order chi connectivity index (χ0) is 17.1. The lowest BCUT2D eigenvalue weighted by Crippen LogP contribution is -2.37. The summed E-state index contributed by atoms with van der Waals surface area (Å²) in [4.78, 5) is 31.9. The second kappa shape index (κ2) is 6.88. The fourth-order valence-electron chi connectivity index (χ4n) is 2.57. The molecule has 7 heteroatoms. The minimum absolute atomic E-state index is 0.00802. The summed E-state index contributed by atoms with van der Waals surface area (Å²) >= 11 is 5.97. The molecule has 1 fully saturated rings. The third kappa shape index (κ3) is 3.49. The van der Waals surface area contributed by atoms with Crippen molar-refractivity contribution in [3.8, 4) is 0 Å². The minimum atomic E-state index is -0.266. The maximum absolute atomic E-state index is 12.5. The number of carbonyl (C=O) groups excluding carboxylic acids is 2. The van der Waals surface area contributed by atoms with E-state index in [0.29, 0.717) is 23.9 Å². The summed E-state index contributed by atoms with van der Waals surface area (Å²) in [7, 11) is 0. The number of carbonyl (C=O) groups is 2. The molecule has 1 aromatic carbocycles. The smallest absolute Gasteiger partial charge is 0.313 e. The first-order valence-corrected chi connectivity index (χ1v) is 7.96. The van der Waals surface area contributed by atoms with E-state index in [1.54, 1.807) is 35.4 Å². The molecule has 1 aliphatic rings. The van der Waals surface area contributed by atoms with Crippen molar-refractivity contribution in [2.75, 3.05) is 29.9 Å². The fourth-order valence-corrected chi connectivity index (χ4v) is 2.76. The molecular weight excluding hydrogens is 328 g/mol. The van der Waals surface area contributed by atoms with Crippen molar-refractivity contribution in [1.29, 1.82) is 0 Å². The molecular formula is C17H17ClN4O2. The van der Waals surface area contributed by atoms with Gasteiger partial charge in [-0.25, -0.2) is 9.78 Å². The van der Waals surface area contributed by atoms with E-state index in [9.17, 15) is 9.59 Å². The van der Waals surface area contributed by atoms with Gasteiger partial charge in [0, 0.05) is 30.0 Å². The number of aryl methyl sites for hydroxylation is 1. The van der Waals surface area contributed by atoms with E-state index < -0.39 is 0 Å². The topological polar surface area (TPSA) is 65.5 Å². The van der Waals surface area contributed by atoms with Crippen LogP contribution >= 0.6 is 11.6 Å². The van der Waals surface area contributed by atoms with Crippen molar-refractivity contribution in [1.82, 2.24) is 9.88 Å². The Morgan fingerprint density at radius 1 is 1.29 bits per heavy atom. The molecule has 2 heterocycles. The van der Waals surface area contributed by atoms with Crippen molar-refractivity contribution in [2.24, 2.45) is 0 Å². The number of aromatic nitrogens is 1. The summed E-state index contributed by atoms with van der Waals surface area (Å²) < 4.78 is 0. The Bertz CT molecular complexity index is 781. The van der Waals surface area contributed by atoms with Crippen molar-refractivity contribution >= 4 is 35.0 Å².